The van der Waals surface area contributed by atoms with Gasteiger partial charge in [0.05, 0.1) is 11.0 Å². The van der Waals surface area contributed by atoms with E-state index in [0.29, 0.717) is 13.0 Å². The Morgan fingerprint density at radius 2 is 2.24 bits per heavy atom. The SMILES string of the molecule is CCCN1C(=O)CCCC(N)C1c1cccc([N+](=O)[O-])c1. The van der Waals surface area contributed by atoms with Crippen LogP contribution in [-0.4, -0.2) is 28.3 Å². The zero-order chi connectivity index (χ0) is 15.4. The van der Waals surface area contributed by atoms with Crippen LogP contribution in [0.3, 0.4) is 0 Å². The molecule has 21 heavy (non-hydrogen) atoms. The van der Waals surface area contributed by atoms with Crippen LogP contribution >= 0.6 is 0 Å². The van der Waals surface area contributed by atoms with Gasteiger partial charge in [0, 0.05) is 31.1 Å². The molecule has 1 amide bonds. The number of carbonyl (C=O) groups excluding carboxylic acids is 1. The van der Waals surface area contributed by atoms with Gasteiger partial charge in [-0.3, -0.25) is 14.9 Å². The smallest absolute Gasteiger partial charge is 0.269 e. The molecule has 0 aromatic heterocycles. The van der Waals surface area contributed by atoms with Crippen molar-refractivity contribution in [3.8, 4) is 0 Å². The van der Waals surface area contributed by atoms with Crippen molar-refractivity contribution in [3.63, 3.8) is 0 Å². The molecule has 114 valence electrons. The molecule has 2 N–H and O–H groups in total. The van der Waals surface area contributed by atoms with Crippen LogP contribution in [0.15, 0.2) is 24.3 Å². The molecule has 1 aliphatic rings. The van der Waals surface area contributed by atoms with Crippen molar-refractivity contribution in [2.75, 3.05) is 6.54 Å². The molecule has 2 atom stereocenters. The van der Waals surface area contributed by atoms with Crippen molar-refractivity contribution in [3.05, 3.63) is 39.9 Å². The lowest BCUT2D eigenvalue weighted by Crippen LogP contribution is -2.42. The molecule has 1 fully saturated rings. The number of nitrogens with zero attached hydrogens (tertiary/aromatic N) is 2. The molecule has 6 nitrogen and oxygen atoms in total. The second kappa shape index (κ2) is 6.67. The minimum atomic E-state index is -0.419. The molecular weight excluding hydrogens is 270 g/mol. The maximum absolute atomic E-state index is 12.3. The summed E-state index contributed by atoms with van der Waals surface area (Å²) in [4.78, 5) is 24.6. The molecular formula is C15H21N3O3. The number of hydrogen-bond donors (Lipinski definition) is 1. The second-order valence-corrected chi connectivity index (χ2v) is 5.44. The normalized spacial score (nSPS) is 23.0. The largest absolute Gasteiger partial charge is 0.334 e. The lowest BCUT2D eigenvalue weighted by Gasteiger charge is -2.33. The highest BCUT2D eigenvalue weighted by Crippen LogP contribution is 2.31. The Labute approximate surface area is 124 Å². The van der Waals surface area contributed by atoms with Crippen molar-refractivity contribution in [2.45, 2.75) is 44.7 Å². The van der Waals surface area contributed by atoms with Gasteiger partial charge in [0.15, 0.2) is 0 Å². The van der Waals surface area contributed by atoms with Crippen LogP contribution in [0.1, 0.15) is 44.2 Å². The minimum Gasteiger partial charge on any atom is -0.334 e. The first-order chi connectivity index (χ1) is 10.0. The third kappa shape index (κ3) is 3.39. The molecule has 1 saturated heterocycles. The predicted octanol–water partition coefficient (Wildman–Crippen LogP) is 2.39. The maximum atomic E-state index is 12.3. The summed E-state index contributed by atoms with van der Waals surface area (Å²) in [5, 5.41) is 11.0. The van der Waals surface area contributed by atoms with Crippen LogP contribution in [0.4, 0.5) is 5.69 Å². The molecule has 0 spiro atoms. The highest BCUT2D eigenvalue weighted by molar-refractivity contribution is 5.77. The van der Waals surface area contributed by atoms with E-state index in [1.165, 1.54) is 12.1 Å². The van der Waals surface area contributed by atoms with Gasteiger partial charge in [-0.05, 0) is 24.8 Å². The Morgan fingerprint density at radius 1 is 1.48 bits per heavy atom. The van der Waals surface area contributed by atoms with E-state index >= 15 is 0 Å². The number of nitro benzene ring substituents is 1. The molecule has 1 aliphatic heterocycles. The number of non-ortho nitro benzene ring substituents is 1. The van der Waals surface area contributed by atoms with E-state index in [4.69, 9.17) is 5.73 Å². The number of carbonyl (C=O) groups is 1. The lowest BCUT2D eigenvalue weighted by molar-refractivity contribution is -0.385. The third-order valence-corrected chi connectivity index (χ3v) is 3.88. The zero-order valence-corrected chi connectivity index (χ0v) is 12.2. The van der Waals surface area contributed by atoms with E-state index in [0.717, 1.165) is 24.8 Å². The first-order valence-corrected chi connectivity index (χ1v) is 7.34. The lowest BCUT2D eigenvalue weighted by atomic mass is 9.96. The van der Waals surface area contributed by atoms with Gasteiger partial charge in [-0.1, -0.05) is 19.1 Å². The minimum absolute atomic E-state index is 0.0350. The van der Waals surface area contributed by atoms with Crippen LogP contribution in [-0.2, 0) is 4.79 Å². The summed E-state index contributed by atoms with van der Waals surface area (Å²) in [5.74, 6) is 0.0845. The van der Waals surface area contributed by atoms with Crippen molar-refractivity contribution < 1.29 is 9.72 Å². The van der Waals surface area contributed by atoms with Crippen molar-refractivity contribution >= 4 is 11.6 Å². The Hall–Kier alpha value is -1.95. The fraction of sp³-hybridized carbons (Fsp3) is 0.533. The quantitative estimate of drug-likeness (QED) is 0.681. The Balaban J connectivity index is 2.41. The number of nitro groups is 1. The number of nitrogens with two attached hydrogens (primary N) is 1. The average Bonchev–Trinajstić information content (AvgIpc) is 2.59. The summed E-state index contributed by atoms with van der Waals surface area (Å²) in [6.45, 7) is 2.63. The zero-order valence-electron chi connectivity index (χ0n) is 12.2. The summed E-state index contributed by atoms with van der Waals surface area (Å²) in [5.41, 5.74) is 7.04. The van der Waals surface area contributed by atoms with Gasteiger partial charge >= 0.3 is 0 Å². The van der Waals surface area contributed by atoms with Gasteiger partial charge in [-0.2, -0.15) is 0 Å². The summed E-state index contributed by atoms with van der Waals surface area (Å²) in [6.07, 6.45) is 2.86. The van der Waals surface area contributed by atoms with E-state index in [2.05, 4.69) is 0 Å². The van der Waals surface area contributed by atoms with E-state index in [1.54, 1.807) is 11.0 Å². The standard InChI is InChI=1S/C15H21N3O3/c1-2-9-17-14(19)8-4-7-13(16)15(17)11-5-3-6-12(10-11)18(20)21/h3,5-6,10,13,15H,2,4,7-9,16H2,1H3. The van der Waals surface area contributed by atoms with Crippen LogP contribution < -0.4 is 5.73 Å². The summed E-state index contributed by atoms with van der Waals surface area (Å²) in [7, 11) is 0. The Morgan fingerprint density at radius 3 is 2.90 bits per heavy atom. The van der Waals surface area contributed by atoms with Gasteiger partial charge in [0.1, 0.15) is 0 Å². The molecule has 1 aromatic rings. The van der Waals surface area contributed by atoms with Crippen molar-refractivity contribution in [1.29, 1.82) is 0 Å². The molecule has 0 bridgehead atoms. The summed E-state index contributed by atoms with van der Waals surface area (Å²) < 4.78 is 0. The average molecular weight is 291 g/mol. The molecule has 0 radical (unpaired) electrons. The fourth-order valence-electron chi connectivity index (χ4n) is 2.93. The van der Waals surface area contributed by atoms with Crippen LogP contribution in [0.5, 0.6) is 0 Å². The van der Waals surface area contributed by atoms with Gasteiger partial charge in [0.2, 0.25) is 5.91 Å². The topological polar surface area (TPSA) is 89.5 Å². The summed E-state index contributed by atoms with van der Waals surface area (Å²) >= 11 is 0. The van der Waals surface area contributed by atoms with Crippen molar-refractivity contribution in [2.24, 2.45) is 5.73 Å². The third-order valence-electron chi connectivity index (χ3n) is 3.88. The second-order valence-electron chi connectivity index (χ2n) is 5.44. The van der Waals surface area contributed by atoms with Gasteiger partial charge in [-0.15, -0.1) is 0 Å². The fourth-order valence-corrected chi connectivity index (χ4v) is 2.93. The van der Waals surface area contributed by atoms with Crippen LogP contribution in [0.25, 0.3) is 0 Å². The molecule has 2 rings (SSSR count). The van der Waals surface area contributed by atoms with E-state index in [9.17, 15) is 14.9 Å². The van der Waals surface area contributed by atoms with Crippen molar-refractivity contribution in [1.82, 2.24) is 4.90 Å². The predicted molar refractivity (Wildman–Crippen MR) is 79.7 cm³/mol. The molecule has 2 unspecified atom stereocenters. The van der Waals surface area contributed by atoms with E-state index < -0.39 is 4.92 Å². The monoisotopic (exact) mass is 291 g/mol. The van der Waals surface area contributed by atoms with Gasteiger partial charge in [0.25, 0.3) is 5.69 Å². The summed E-state index contributed by atoms with van der Waals surface area (Å²) in [6, 6.07) is 5.99. The highest BCUT2D eigenvalue weighted by atomic mass is 16.6. The molecule has 0 saturated carbocycles. The maximum Gasteiger partial charge on any atom is 0.269 e. The first kappa shape index (κ1) is 15.4. The number of likely N-dealkylation sites (tertiary alicyclic amines) is 1. The van der Waals surface area contributed by atoms with Gasteiger partial charge in [-0.25, -0.2) is 0 Å². The number of amides is 1. The Kier molecular flexibility index (Phi) is 4.90. The molecule has 1 aromatic carbocycles. The van der Waals surface area contributed by atoms with E-state index in [1.807, 2.05) is 13.0 Å². The highest BCUT2D eigenvalue weighted by Gasteiger charge is 2.32. The number of rotatable bonds is 4. The first-order valence-electron chi connectivity index (χ1n) is 7.34. The Bertz CT molecular complexity index is 533. The van der Waals surface area contributed by atoms with Crippen LogP contribution in [0, 0.1) is 10.1 Å². The van der Waals surface area contributed by atoms with E-state index in [-0.39, 0.29) is 23.7 Å². The molecule has 0 aliphatic carbocycles. The number of benzene rings is 1. The van der Waals surface area contributed by atoms with Crippen LogP contribution in [0.2, 0.25) is 0 Å². The van der Waals surface area contributed by atoms with Gasteiger partial charge < -0.3 is 10.6 Å². The molecule has 1 heterocycles. The number of hydrogen-bond acceptors (Lipinski definition) is 4. The molecule has 6 heteroatoms.